The molecule has 23 heavy (non-hydrogen) atoms. The molecule has 0 atom stereocenters. The topological polar surface area (TPSA) is 92.8 Å². The lowest BCUT2D eigenvalue weighted by atomic mass is 10.1. The van der Waals surface area contributed by atoms with Gasteiger partial charge in [-0.25, -0.2) is 13.2 Å². The highest BCUT2D eigenvalue weighted by atomic mass is 32.2. The minimum atomic E-state index is -3.58. The molecule has 0 bridgehead atoms. The van der Waals surface area contributed by atoms with Gasteiger partial charge in [0.2, 0.25) is 10.0 Å². The Hall–Kier alpha value is -1.93. The number of amides is 1. The lowest BCUT2D eigenvalue weighted by molar-refractivity contribution is 0.101. The summed E-state index contributed by atoms with van der Waals surface area (Å²) in [6.07, 6.45) is 0.547. The molecule has 0 radical (unpaired) electrons. The molecule has 1 N–H and O–H groups in total. The maximum Gasteiger partial charge on any atom is 0.407 e. The van der Waals surface area contributed by atoms with Crippen LogP contribution in [0.4, 0.5) is 4.79 Å². The third kappa shape index (κ3) is 4.08. The van der Waals surface area contributed by atoms with Crippen LogP contribution in [0, 0.1) is 0 Å². The Morgan fingerprint density at radius 3 is 2.22 bits per heavy atom. The van der Waals surface area contributed by atoms with E-state index in [1.54, 1.807) is 0 Å². The molecule has 0 unspecified atom stereocenters. The van der Waals surface area contributed by atoms with E-state index in [1.807, 2.05) is 0 Å². The Bertz CT molecular complexity index is 676. The molecule has 1 amide bonds. The van der Waals surface area contributed by atoms with Crippen LogP contribution in [0.15, 0.2) is 29.2 Å². The van der Waals surface area contributed by atoms with E-state index < -0.39 is 16.1 Å². The molecule has 1 aliphatic rings. The summed E-state index contributed by atoms with van der Waals surface area (Å²) in [5.41, 5.74) is 0.477. The first kappa shape index (κ1) is 17.4. The third-order valence-corrected chi connectivity index (χ3v) is 5.77. The molecule has 7 nitrogen and oxygen atoms in total. The zero-order valence-corrected chi connectivity index (χ0v) is 13.9. The fourth-order valence-electron chi connectivity index (χ4n) is 2.48. The quantitative estimate of drug-likeness (QED) is 0.836. The van der Waals surface area contributed by atoms with E-state index in [9.17, 15) is 18.0 Å². The highest BCUT2D eigenvalue weighted by Gasteiger charge is 2.30. The van der Waals surface area contributed by atoms with E-state index in [-0.39, 0.29) is 16.7 Å². The van der Waals surface area contributed by atoms with Crippen molar-refractivity contribution in [1.29, 1.82) is 0 Å². The lowest BCUT2D eigenvalue weighted by Crippen LogP contribution is -2.46. The normalized spacial score (nSPS) is 16.8. The Kier molecular flexibility index (Phi) is 5.38. The van der Waals surface area contributed by atoms with E-state index in [2.05, 4.69) is 10.1 Å². The highest BCUT2D eigenvalue weighted by molar-refractivity contribution is 7.89. The van der Waals surface area contributed by atoms with Crippen molar-refractivity contribution >= 4 is 21.9 Å². The van der Waals surface area contributed by atoms with Crippen LogP contribution < -0.4 is 5.32 Å². The monoisotopic (exact) mass is 340 g/mol. The van der Waals surface area contributed by atoms with Gasteiger partial charge in [0, 0.05) is 24.7 Å². The van der Waals surface area contributed by atoms with Crippen molar-refractivity contribution in [3.63, 3.8) is 0 Å². The maximum atomic E-state index is 12.6. The molecule has 1 saturated heterocycles. The lowest BCUT2D eigenvalue weighted by Gasteiger charge is -2.31. The maximum absolute atomic E-state index is 12.6. The minimum Gasteiger partial charge on any atom is -0.453 e. The molecule has 0 saturated carbocycles. The van der Waals surface area contributed by atoms with Gasteiger partial charge in [0.25, 0.3) is 0 Å². The van der Waals surface area contributed by atoms with Crippen molar-refractivity contribution in [2.75, 3.05) is 20.2 Å². The second-order valence-electron chi connectivity index (χ2n) is 5.39. The molecule has 1 aromatic carbocycles. The van der Waals surface area contributed by atoms with Gasteiger partial charge in [-0.05, 0) is 31.9 Å². The van der Waals surface area contributed by atoms with Crippen LogP contribution in [-0.2, 0) is 14.8 Å². The summed E-state index contributed by atoms with van der Waals surface area (Å²) in [5, 5.41) is 2.68. The number of carbonyl (C=O) groups excluding carboxylic acids is 2. The van der Waals surface area contributed by atoms with Crippen LogP contribution in [0.5, 0.6) is 0 Å². The standard InChI is InChI=1S/C15H20N2O5S/c1-11(18)12-3-5-14(6-4-12)23(20,21)17-9-7-13(8-10-17)16-15(19)22-2/h3-6,13H,7-10H2,1-2H3,(H,16,19). The summed E-state index contributed by atoms with van der Waals surface area (Å²) in [6.45, 7) is 2.08. The van der Waals surface area contributed by atoms with Gasteiger partial charge in [0.1, 0.15) is 0 Å². The molecule has 1 aromatic rings. The molecule has 1 heterocycles. The Morgan fingerprint density at radius 1 is 1.17 bits per heavy atom. The van der Waals surface area contributed by atoms with Gasteiger partial charge >= 0.3 is 6.09 Å². The summed E-state index contributed by atoms with van der Waals surface area (Å²) in [7, 11) is -2.29. The predicted octanol–water partition coefficient (Wildman–Crippen LogP) is 1.40. The molecule has 0 spiro atoms. The number of nitrogens with zero attached hydrogens (tertiary/aromatic N) is 1. The van der Waals surface area contributed by atoms with Crippen LogP contribution >= 0.6 is 0 Å². The summed E-state index contributed by atoms with van der Waals surface area (Å²) in [6, 6.07) is 5.84. The van der Waals surface area contributed by atoms with Crippen molar-refractivity contribution in [1.82, 2.24) is 9.62 Å². The number of hydrogen-bond acceptors (Lipinski definition) is 5. The number of ether oxygens (including phenoxy) is 1. The van der Waals surface area contributed by atoms with Crippen LogP contribution in [0.25, 0.3) is 0 Å². The smallest absolute Gasteiger partial charge is 0.407 e. The molecule has 2 rings (SSSR count). The van der Waals surface area contributed by atoms with Gasteiger partial charge < -0.3 is 10.1 Å². The van der Waals surface area contributed by atoms with E-state index in [4.69, 9.17) is 0 Å². The van der Waals surface area contributed by atoms with Crippen LogP contribution in [0.1, 0.15) is 30.1 Å². The van der Waals surface area contributed by atoms with Crippen molar-refractivity contribution in [3.05, 3.63) is 29.8 Å². The molecule has 8 heteroatoms. The van der Waals surface area contributed by atoms with Crippen LogP contribution in [-0.4, -0.2) is 50.8 Å². The van der Waals surface area contributed by atoms with Crippen LogP contribution in [0.3, 0.4) is 0 Å². The van der Waals surface area contributed by atoms with Gasteiger partial charge in [-0.15, -0.1) is 0 Å². The number of carbonyl (C=O) groups is 2. The fraction of sp³-hybridized carbons (Fsp3) is 0.467. The summed E-state index contributed by atoms with van der Waals surface area (Å²) in [4.78, 5) is 22.6. The number of ketones is 1. The Balaban J connectivity index is 2.04. The van der Waals surface area contributed by atoms with E-state index in [0.717, 1.165) is 0 Å². The number of benzene rings is 1. The van der Waals surface area contributed by atoms with Gasteiger partial charge in [-0.2, -0.15) is 4.31 Å². The van der Waals surface area contributed by atoms with Crippen molar-refractivity contribution in [2.24, 2.45) is 0 Å². The highest BCUT2D eigenvalue weighted by Crippen LogP contribution is 2.21. The molecule has 1 fully saturated rings. The zero-order valence-electron chi connectivity index (χ0n) is 13.1. The largest absolute Gasteiger partial charge is 0.453 e. The van der Waals surface area contributed by atoms with Crippen molar-refractivity contribution < 1.29 is 22.7 Å². The first-order chi connectivity index (χ1) is 10.8. The van der Waals surface area contributed by atoms with Crippen molar-refractivity contribution in [3.8, 4) is 0 Å². The fourth-order valence-corrected chi connectivity index (χ4v) is 3.95. The molecule has 0 aromatic heterocycles. The predicted molar refractivity (Wildman–Crippen MR) is 83.8 cm³/mol. The third-order valence-electron chi connectivity index (χ3n) is 3.86. The number of sulfonamides is 1. The van der Waals surface area contributed by atoms with Crippen molar-refractivity contribution in [2.45, 2.75) is 30.7 Å². The van der Waals surface area contributed by atoms with Gasteiger partial charge in [-0.3, -0.25) is 4.79 Å². The summed E-state index contributed by atoms with van der Waals surface area (Å²) < 4.78 is 31.1. The second kappa shape index (κ2) is 7.10. The molecular weight excluding hydrogens is 320 g/mol. The second-order valence-corrected chi connectivity index (χ2v) is 7.33. The van der Waals surface area contributed by atoms with E-state index >= 15 is 0 Å². The number of rotatable bonds is 4. The average Bonchev–Trinajstić information content (AvgIpc) is 2.55. The number of piperidine rings is 1. The van der Waals surface area contributed by atoms with Gasteiger partial charge in [0.05, 0.1) is 12.0 Å². The first-order valence-corrected chi connectivity index (χ1v) is 8.74. The SMILES string of the molecule is COC(=O)NC1CCN(S(=O)(=O)c2ccc(C(C)=O)cc2)CC1. The Morgan fingerprint density at radius 2 is 1.74 bits per heavy atom. The molecule has 0 aliphatic carbocycles. The van der Waals surface area contributed by atoms with Gasteiger partial charge in [0.15, 0.2) is 5.78 Å². The zero-order chi connectivity index (χ0) is 17.0. The first-order valence-electron chi connectivity index (χ1n) is 7.30. The Labute approximate surface area is 135 Å². The molecule has 126 valence electrons. The van der Waals surface area contributed by atoms with E-state index in [1.165, 1.54) is 42.6 Å². The average molecular weight is 340 g/mol. The van der Waals surface area contributed by atoms with Gasteiger partial charge in [-0.1, -0.05) is 12.1 Å². The molecule has 1 aliphatic heterocycles. The van der Waals surface area contributed by atoms with E-state index in [0.29, 0.717) is 31.5 Å². The summed E-state index contributed by atoms with van der Waals surface area (Å²) in [5.74, 6) is -0.108. The minimum absolute atomic E-state index is 0.0889. The molecular formula is C15H20N2O5S. The number of alkyl carbamates (subject to hydrolysis) is 1. The number of Topliss-reactive ketones (excluding diaryl/α,β-unsaturated/α-hetero) is 1. The van der Waals surface area contributed by atoms with Crippen LogP contribution in [0.2, 0.25) is 0 Å². The number of nitrogens with one attached hydrogen (secondary N) is 1. The summed E-state index contributed by atoms with van der Waals surface area (Å²) >= 11 is 0. The number of methoxy groups -OCH3 is 1. The number of hydrogen-bond donors (Lipinski definition) is 1.